The van der Waals surface area contributed by atoms with E-state index in [4.69, 9.17) is 11.6 Å². The highest BCUT2D eigenvalue weighted by atomic mass is 35.5. The number of aromatic carboxylic acids is 1. The molecule has 3 aromatic rings. The summed E-state index contributed by atoms with van der Waals surface area (Å²) in [4.78, 5) is 35.1. The van der Waals surface area contributed by atoms with Gasteiger partial charge in [-0.15, -0.1) is 0 Å². The van der Waals surface area contributed by atoms with E-state index in [0.29, 0.717) is 5.02 Å². The van der Waals surface area contributed by atoms with Crippen LogP contribution in [0.15, 0.2) is 48.5 Å². The second-order valence-corrected chi connectivity index (χ2v) is 11.9. The molecule has 1 saturated heterocycles. The van der Waals surface area contributed by atoms with Crippen molar-refractivity contribution in [3.8, 4) is 0 Å². The normalized spacial score (nSPS) is 18.8. The van der Waals surface area contributed by atoms with Gasteiger partial charge in [0.15, 0.2) is 0 Å². The average molecular weight is 562 g/mol. The molecule has 0 saturated carbocycles. The molecule has 2 aliphatic rings. The number of halogens is 1. The summed E-state index contributed by atoms with van der Waals surface area (Å²) < 4.78 is 0.195. The number of pyridine rings is 1. The van der Waals surface area contributed by atoms with Crippen LogP contribution in [0.3, 0.4) is 0 Å². The van der Waals surface area contributed by atoms with Crippen LogP contribution in [-0.4, -0.2) is 59.8 Å². The summed E-state index contributed by atoms with van der Waals surface area (Å²) in [5, 5.41) is 10.3. The number of carbonyl (C=O) groups excluding carboxylic acids is 1. The summed E-state index contributed by atoms with van der Waals surface area (Å²) in [6.45, 7) is 7.66. The van der Waals surface area contributed by atoms with E-state index < -0.39 is 5.97 Å². The minimum Gasteiger partial charge on any atom is -0.478 e. The van der Waals surface area contributed by atoms with Gasteiger partial charge in [-0.25, -0.2) is 14.1 Å². The summed E-state index contributed by atoms with van der Waals surface area (Å²) in [5.41, 5.74) is 7.27. The number of aromatic nitrogens is 1. The molecule has 1 aliphatic carbocycles. The molecular formula is C32H38ClN4O3+. The largest absolute Gasteiger partial charge is 0.478 e. The Hall–Kier alpha value is -3.42. The van der Waals surface area contributed by atoms with E-state index in [1.54, 1.807) is 17.0 Å². The van der Waals surface area contributed by atoms with Crippen LogP contribution in [0.4, 0.5) is 16.2 Å². The molecular weight excluding hydrogens is 524 g/mol. The lowest BCUT2D eigenvalue weighted by Crippen LogP contribution is -2.64. The van der Waals surface area contributed by atoms with Crippen LogP contribution in [-0.2, 0) is 6.42 Å². The van der Waals surface area contributed by atoms with Gasteiger partial charge in [0.2, 0.25) is 0 Å². The number of carboxylic acids is 1. The van der Waals surface area contributed by atoms with Crippen LogP contribution in [0.2, 0.25) is 5.02 Å². The molecule has 2 amide bonds. The Kier molecular flexibility index (Phi) is 7.64. The maximum atomic E-state index is 14.6. The zero-order valence-corrected chi connectivity index (χ0v) is 24.7. The van der Waals surface area contributed by atoms with Crippen molar-refractivity contribution in [2.75, 3.05) is 37.0 Å². The highest BCUT2D eigenvalue weighted by Crippen LogP contribution is 2.45. The maximum absolute atomic E-state index is 14.6. The van der Waals surface area contributed by atoms with Crippen molar-refractivity contribution in [3.05, 3.63) is 87.2 Å². The number of anilines is 2. The third kappa shape index (κ3) is 5.08. The molecule has 7 nitrogen and oxygen atoms in total. The topological polar surface area (TPSA) is 73.7 Å². The molecule has 1 aliphatic heterocycles. The van der Waals surface area contributed by atoms with Crippen molar-refractivity contribution in [2.24, 2.45) is 0 Å². The van der Waals surface area contributed by atoms with E-state index in [0.717, 1.165) is 72.5 Å². The van der Waals surface area contributed by atoms with Crippen LogP contribution in [0, 0.1) is 20.8 Å². The standard InChI is InChI=1S/C32H37ClN4O3/c1-20-6-10-25(19-29(20)33)35(4)32(40)37(5,30-11-9-23-7-8-24(31(38)39)18-28(23)30)27-12-14-36(15-13-27)26-16-21(2)34-22(3)17-26/h6-8,10,16-19,27,30H,9,11-15H2,1-5H3/p+1. The number of aryl methyl sites for hydroxylation is 4. The molecule has 210 valence electrons. The highest BCUT2D eigenvalue weighted by Gasteiger charge is 2.52. The molecule has 2 atom stereocenters. The number of carbonyl (C=O) groups is 2. The highest BCUT2D eigenvalue weighted by molar-refractivity contribution is 6.31. The zero-order chi connectivity index (χ0) is 28.8. The molecule has 2 aromatic carbocycles. The number of amides is 2. The number of hydrogen-bond acceptors (Lipinski definition) is 4. The SMILES string of the molecule is Cc1cc(N2CCC([N+](C)(C(=O)N(C)c3ccc(C)c(Cl)c3)C3CCc4ccc(C(=O)O)cc43)CC2)cc(C)n1. The molecule has 5 rings (SSSR count). The van der Waals surface area contributed by atoms with E-state index in [1.165, 1.54) is 5.69 Å². The number of benzene rings is 2. The van der Waals surface area contributed by atoms with E-state index in [2.05, 4.69) is 29.1 Å². The smallest absolute Gasteiger partial charge is 0.423 e. The fourth-order valence-electron chi connectivity index (χ4n) is 6.69. The minimum absolute atomic E-state index is 0.00690. The molecule has 2 heterocycles. The van der Waals surface area contributed by atoms with Crippen molar-refractivity contribution in [3.63, 3.8) is 0 Å². The van der Waals surface area contributed by atoms with Gasteiger partial charge in [0.25, 0.3) is 0 Å². The van der Waals surface area contributed by atoms with Gasteiger partial charge in [-0.3, -0.25) is 9.88 Å². The molecule has 40 heavy (non-hydrogen) atoms. The van der Waals surface area contributed by atoms with E-state index >= 15 is 0 Å². The first-order chi connectivity index (χ1) is 19.0. The van der Waals surface area contributed by atoms with Gasteiger partial charge in [0.1, 0.15) is 12.1 Å². The summed E-state index contributed by atoms with van der Waals surface area (Å²) >= 11 is 6.45. The Morgan fingerprint density at radius 2 is 1.68 bits per heavy atom. The molecule has 1 N–H and O–H groups in total. The molecule has 0 spiro atoms. The maximum Gasteiger partial charge on any atom is 0.423 e. The van der Waals surface area contributed by atoms with Gasteiger partial charge in [0.05, 0.1) is 18.3 Å². The second-order valence-electron chi connectivity index (χ2n) is 11.5. The summed E-state index contributed by atoms with van der Waals surface area (Å²) in [6.07, 6.45) is 3.31. The van der Waals surface area contributed by atoms with E-state index in [1.807, 2.05) is 52.1 Å². The number of nitrogens with zero attached hydrogens (tertiary/aromatic N) is 4. The first-order valence-electron chi connectivity index (χ1n) is 14.0. The first kappa shape index (κ1) is 28.1. The van der Waals surface area contributed by atoms with Crippen LogP contribution in [0.25, 0.3) is 0 Å². The first-order valence-corrected chi connectivity index (χ1v) is 14.3. The Bertz CT molecular complexity index is 1450. The minimum atomic E-state index is -0.948. The van der Waals surface area contributed by atoms with Gasteiger partial charge >= 0.3 is 12.0 Å². The summed E-state index contributed by atoms with van der Waals surface area (Å²) in [6, 6.07) is 15.3. The molecule has 2 unspecified atom stereocenters. The van der Waals surface area contributed by atoms with E-state index in [9.17, 15) is 14.7 Å². The zero-order valence-electron chi connectivity index (χ0n) is 23.9. The lowest BCUT2D eigenvalue weighted by Gasteiger charge is -2.48. The molecule has 1 aromatic heterocycles. The van der Waals surface area contributed by atoms with Crippen LogP contribution < -0.4 is 9.80 Å². The Balaban J connectivity index is 1.51. The number of piperidine rings is 1. The predicted molar refractivity (Wildman–Crippen MR) is 160 cm³/mol. The molecule has 8 heteroatoms. The number of rotatable bonds is 5. The van der Waals surface area contributed by atoms with Crippen LogP contribution >= 0.6 is 11.6 Å². The van der Waals surface area contributed by atoms with Crippen molar-refractivity contribution in [1.82, 2.24) is 4.98 Å². The summed E-state index contributed by atoms with van der Waals surface area (Å²) in [5.74, 6) is -0.948. The molecule has 0 radical (unpaired) electrons. The van der Waals surface area contributed by atoms with Crippen molar-refractivity contribution >= 4 is 35.0 Å². The van der Waals surface area contributed by atoms with Crippen molar-refractivity contribution < 1.29 is 19.2 Å². The van der Waals surface area contributed by atoms with Gasteiger partial charge in [-0.2, -0.15) is 0 Å². The van der Waals surface area contributed by atoms with Crippen molar-refractivity contribution in [2.45, 2.75) is 58.5 Å². The van der Waals surface area contributed by atoms with Crippen LogP contribution in [0.5, 0.6) is 0 Å². The van der Waals surface area contributed by atoms with Crippen molar-refractivity contribution in [1.29, 1.82) is 0 Å². The lowest BCUT2D eigenvalue weighted by atomic mass is 9.94. The fourth-order valence-corrected chi connectivity index (χ4v) is 6.87. The predicted octanol–water partition coefficient (Wildman–Crippen LogP) is 6.72. The van der Waals surface area contributed by atoms with E-state index in [-0.39, 0.29) is 28.2 Å². The Morgan fingerprint density at radius 1 is 1.00 bits per heavy atom. The lowest BCUT2D eigenvalue weighted by molar-refractivity contribution is -0.887. The second kappa shape index (κ2) is 10.9. The number of quaternary nitrogens is 1. The number of fused-ring (bicyclic) bond motifs is 1. The molecule has 0 bridgehead atoms. The number of carboxylic acid groups (broad SMARTS) is 1. The molecule has 1 fully saturated rings. The fraction of sp³-hybridized carbons (Fsp3) is 0.406. The Labute approximate surface area is 241 Å². The average Bonchev–Trinajstić information content (AvgIpc) is 3.37. The third-order valence-corrected chi connectivity index (χ3v) is 9.39. The number of urea groups is 1. The quantitative estimate of drug-likeness (QED) is 0.350. The van der Waals surface area contributed by atoms with Crippen LogP contribution in [0.1, 0.15) is 63.7 Å². The van der Waals surface area contributed by atoms with Gasteiger partial charge in [-0.1, -0.05) is 23.7 Å². The van der Waals surface area contributed by atoms with Gasteiger partial charge in [0, 0.05) is 67.1 Å². The van der Waals surface area contributed by atoms with Gasteiger partial charge in [-0.05, 0) is 74.7 Å². The third-order valence-electron chi connectivity index (χ3n) is 8.98. The Morgan fingerprint density at radius 3 is 2.30 bits per heavy atom. The van der Waals surface area contributed by atoms with Gasteiger partial charge < -0.3 is 10.0 Å². The summed E-state index contributed by atoms with van der Waals surface area (Å²) in [7, 11) is 3.88. The monoisotopic (exact) mass is 561 g/mol. The number of hydrogen-bond donors (Lipinski definition) is 1.